The highest BCUT2D eigenvalue weighted by Crippen LogP contribution is 2.44. The number of nitrogens with zero attached hydrogens (tertiary/aromatic N) is 2. The van der Waals surface area contributed by atoms with E-state index in [1.807, 2.05) is 48.5 Å². The van der Waals surface area contributed by atoms with E-state index in [0.29, 0.717) is 5.69 Å². The lowest BCUT2D eigenvalue weighted by Gasteiger charge is -2.26. The molecule has 30 heavy (non-hydrogen) atoms. The Morgan fingerprint density at radius 2 is 1.70 bits per heavy atom. The number of ether oxygens (including phenoxy) is 1. The molecular formula is C23H19ClN2O4. The van der Waals surface area contributed by atoms with Crippen molar-refractivity contribution in [3.8, 4) is 11.1 Å². The molecule has 1 atom stereocenters. The number of anilines is 1. The SMILES string of the molecule is C[C@@H](C(=O)O)N(C(=O)OCC1c2ccccc2-c2ccccc21)c1ccnc(Cl)c1. The molecule has 2 aromatic carbocycles. The van der Waals surface area contributed by atoms with Crippen molar-refractivity contribution >= 4 is 29.4 Å². The zero-order chi connectivity index (χ0) is 21.3. The lowest BCUT2D eigenvalue weighted by atomic mass is 9.98. The Morgan fingerprint density at radius 3 is 2.27 bits per heavy atom. The lowest BCUT2D eigenvalue weighted by molar-refractivity contribution is -0.138. The molecule has 0 radical (unpaired) electrons. The summed E-state index contributed by atoms with van der Waals surface area (Å²) >= 11 is 5.93. The van der Waals surface area contributed by atoms with E-state index in [9.17, 15) is 14.7 Å². The maximum absolute atomic E-state index is 13.0. The highest BCUT2D eigenvalue weighted by molar-refractivity contribution is 6.29. The Bertz CT molecular complexity index is 1070. The summed E-state index contributed by atoms with van der Waals surface area (Å²) in [5.41, 5.74) is 4.70. The molecule has 6 nitrogen and oxygen atoms in total. The molecule has 1 heterocycles. The van der Waals surface area contributed by atoms with Gasteiger partial charge in [0.05, 0.1) is 5.69 Å². The molecule has 1 N–H and O–H groups in total. The molecule has 1 aliphatic rings. The predicted octanol–water partition coefficient (Wildman–Crippen LogP) is 4.96. The van der Waals surface area contributed by atoms with Crippen LogP contribution < -0.4 is 4.90 Å². The third-order valence-electron chi connectivity index (χ3n) is 5.27. The maximum Gasteiger partial charge on any atom is 0.415 e. The van der Waals surface area contributed by atoms with Crippen LogP contribution in [0.1, 0.15) is 24.0 Å². The fourth-order valence-electron chi connectivity index (χ4n) is 3.80. The van der Waals surface area contributed by atoms with Crippen LogP contribution in [0, 0.1) is 0 Å². The molecule has 3 aromatic rings. The third kappa shape index (κ3) is 3.62. The number of aliphatic carboxylic acids is 1. The third-order valence-corrected chi connectivity index (χ3v) is 5.47. The van der Waals surface area contributed by atoms with Gasteiger partial charge >= 0.3 is 12.1 Å². The molecule has 0 unspecified atom stereocenters. The van der Waals surface area contributed by atoms with Crippen molar-refractivity contribution in [1.29, 1.82) is 0 Å². The van der Waals surface area contributed by atoms with Crippen LogP contribution in [0.25, 0.3) is 11.1 Å². The summed E-state index contributed by atoms with van der Waals surface area (Å²) < 4.78 is 5.63. The fourth-order valence-corrected chi connectivity index (χ4v) is 3.97. The summed E-state index contributed by atoms with van der Waals surface area (Å²) in [6.07, 6.45) is 0.657. The molecule has 0 saturated carbocycles. The molecule has 0 bridgehead atoms. The van der Waals surface area contributed by atoms with Gasteiger partial charge in [0.2, 0.25) is 0 Å². The normalized spacial score (nSPS) is 13.3. The summed E-state index contributed by atoms with van der Waals surface area (Å²) in [5.74, 6) is -1.28. The van der Waals surface area contributed by atoms with E-state index in [-0.39, 0.29) is 17.7 Å². The minimum Gasteiger partial charge on any atom is -0.480 e. The zero-order valence-electron chi connectivity index (χ0n) is 16.2. The Kier molecular flexibility index (Phi) is 5.42. The number of rotatable bonds is 5. The number of carboxylic acid groups (broad SMARTS) is 1. The van der Waals surface area contributed by atoms with Gasteiger partial charge in [0, 0.05) is 12.1 Å². The van der Waals surface area contributed by atoms with Crippen LogP contribution in [-0.4, -0.2) is 34.8 Å². The summed E-state index contributed by atoms with van der Waals surface area (Å²) in [7, 11) is 0. The average molecular weight is 423 g/mol. The van der Waals surface area contributed by atoms with Gasteiger partial charge in [-0.05, 0) is 41.3 Å². The molecule has 1 aromatic heterocycles. The first kappa shape index (κ1) is 19.9. The van der Waals surface area contributed by atoms with Crippen LogP contribution in [0.4, 0.5) is 10.5 Å². The quantitative estimate of drug-likeness (QED) is 0.587. The molecule has 1 amide bonds. The molecule has 0 saturated heterocycles. The van der Waals surface area contributed by atoms with Gasteiger partial charge in [0.25, 0.3) is 0 Å². The van der Waals surface area contributed by atoms with Crippen molar-refractivity contribution in [2.24, 2.45) is 0 Å². The van der Waals surface area contributed by atoms with Crippen LogP contribution in [0.3, 0.4) is 0 Å². The number of carbonyl (C=O) groups excluding carboxylic acids is 1. The standard InChI is InChI=1S/C23H19ClN2O4/c1-14(22(27)28)26(15-10-11-25-21(24)12-15)23(29)30-13-20-18-8-4-2-6-16(18)17-7-3-5-9-19(17)20/h2-12,14,20H,13H2,1H3,(H,27,28)/t14-/m0/s1. The van der Waals surface area contributed by atoms with Crippen LogP contribution in [-0.2, 0) is 9.53 Å². The van der Waals surface area contributed by atoms with Crippen molar-refractivity contribution in [3.05, 3.63) is 83.1 Å². The number of carbonyl (C=O) groups is 2. The molecule has 7 heteroatoms. The number of hydrogen-bond donors (Lipinski definition) is 1. The first-order valence-corrected chi connectivity index (χ1v) is 9.83. The topological polar surface area (TPSA) is 79.7 Å². The number of aromatic nitrogens is 1. The largest absolute Gasteiger partial charge is 0.480 e. The Balaban J connectivity index is 1.60. The summed E-state index contributed by atoms with van der Waals surface area (Å²) in [4.78, 5) is 29.5. The number of pyridine rings is 1. The monoisotopic (exact) mass is 422 g/mol. The van der Waals surface area contributed by atoms with E-state index in [0.717, 1.165) is 27.2 Å². The van der Waals surface area contributed by atoms with Gasteiger partial charge in [-0.25, -0.2) is 14.6 Å². The summed E-state index contributed by atoms with van der Waals surface area (Å²) in [5, 5.41) is 9.63. The first-order chi connectivity index (χ1) is 14.5. The van der Waals surface area contributed by atoms with Gasteiger partial charge in [0.15, 0.2) is 0 Å². The van der Waals surface area contributed by atoms with E-state index in [1.54, 1.807) is 0 Å². The van der Waals surface area contributed by atoms with E-state index < -0.39 is 18.1 Å². The minimum absolute atomic E-state index is 0.0918. The van der Waals surface area contributed by atoms with Crippen LogP contribution >= 0.6 is 11.6 Å². The van der Waals surface area contributed by atoms with Crippen molar-refractivity contribution in [1.82, 2.24) is 4.98 Å². The van der Waals surface area contributed by atoms with Crippen molar-refractivity contribution in [2.45, 2.75) is 18.9 Å². The average Bonchev–Trinajstić information content (AvgIpc) is 3.06. The second kappa shape index (κ2) is 8.16. The first-order valence-electron chi connectivity index (χ1n) is 9.46. The summed E-state index contributed by atoms with van der Waals surface area (Å²) in [6.45, 7) is 1.51. The molecule has 152 valence electrons. The van der Waals surface area contributed by atoms with Crippen molar-refractivity contribution in [2.75, 3.05) is 11.5 Å². The molecule has 0 spiro atoms. The smallest absolute Gasteiger partial charge is 0.415 e. The van der Waals surface area contributed by atoms with Gasteiger partial charge in [0.1, 0.15) is 17.8 Å². The molecule has 4 rings (SSSR count). The number of halogens is 1. The fraction of sp³-hybridized carbons (Fsp3) is 0.174. The minimum atomic E-state index is -1.16. The number of carboxylic acids is 1. The van der Waals surface area contributed by atoms with Gasteiger partial charge in [-0.3, -0.25) is 4.90 Å². The predicted molar refractivity (Wildman–Crippen MR) is 114 cm³/mol. The Morgan fingerprint density at radius 1 is 1.10 bits per heavy atom. The van der Waals surface area contributed by atoms with Crippen LogP contribution in [0.5, 0.6) is 0 Å². The zero-order valence-corrected chi connectivity index (χ0v) is 16.9. The van der Waals surface area contributed by atoms with E-state index in [2.05, 4.69) is 4.98 Å². The van der Waals surface area contributed by atoms with Gasteiger partial charge < -0.3 is 9.84 Å². The number of amides is 1. The van der Waals surface area contributed by atoms with Gasteiger partial charge in [-0.1, -0.05) is 60.1 Å². The molecule has 1 aliphatic carbocycles. The van der Waals surface area contributed by atoms with Crippen LogP contribution in [0.15, 0.2) is 66.9 Å². The highest BCUT2D eigenvalue weighted by Gasteiger charge is 2.32. The molecular weight excluding hydrogens is 404 g/mol. The van der Waals surface area contributed by atoms with Crippen LogP contribution in [0.2, 0.25) is 5.15 Å². The second-order valence-corrected chi connectivity index (χ2v) is 7.41. The Hall–Kier alpha value is -3.38. The Labute approximate surface area is 178 Å². The summed E-state index contributed by atoms with van der Waals surface area (Å²) in [6, 6.07) is 17.8. The van der Waals surface area contributed by atoms with E-state index in [1.165, 1.54) is 25.3 Å². The van der Waals surface area contributed by atoms with Crippen molar-refractivity contribution in [3.63, 3.8) is 0 Å². The van der Waals surface area contributed by atoms with E-state index >= 15 is 0 Å². The number of benzene rings is 2. The second-order valence-electron chi connectivity index (χ2n) is 7.02. The number of fused-ring (bicyclic) bond motifs is 3. The molecule has 0 aliphatic heterocycles. The van der Waals surface area contributed by atoms with Gasteiger partial charge in [-0.15, -0.1) is 0 Å². The number of hydrogen-bond acceptors (Lipinski definition) is 4. The van der Waals surface area contributed by atoms with Gasteiger partial charge in [-0.2, -0.15) is 0 Å². The molecule has 0 fully saturated rings. The van der Waals surface area contributed by atoms with E-state index in [4.69, 9.17) is 16.3 Å². The van der Waals surface area contributed by atoms with Crippen molar-refractivity contribution < 1.29 is 19.4 Å². The highest BCUT2D eigenvalue weighted by atomic mass is 35.5. The maximum atomic E-state index is 13.0. The lowest BCUT2D eigenvalue weighted by Crippen LogP contribution is -2.44.